The van der Waals surface area contributed by atoms with Gasteiger partial charge in [0.1, 0.15) is 0 Å². The van der Waals surface area contributed by atoms with Gasteiger partial charge in [-0.2, -0.15) is 0 Å². The first-order valence-electron chi connectivity index (χ1n) is 11.6. The summed E-state index contributed by atoms with van der Waals surface area (Å²) < 4.78 is 2.14. The second kappa shape index (κ2) is 17.1. The van der Waals surface area contributed by atoms with Gasteiger partial charge in [0.15, 0.2) is 0 Å². The molecule has 2 aliphatic carbocycles. The molecule has 0 radical (unpaired) electrons. The van der Waals surface area contributed by atoms with E-state index in [1.165, 1.54) is 43.6 Å². The summed E-state index contributed by atoms with van der Waals surface area (Å²) in [6.07, 6.45) is 22.5. The molecular weight excluding hydrogens is 574 g/mol. The highest BCUT2D eigenvalue weighted by Crippen LogP contribution is 2.20. The molecule has 0 amide bonds. The van der Waals surface area contributed by atoms with Crippen molar-refractivity contribution in [1.82, 2.24) is 0 Å². The smallest absolute Gasteiger partial charge is 0.424 e. The van der Waals surface area contributed by atoms with Crippen LogP contribution in [0.1, 0.15) is 49.7 Å². The van der Waals surface area contributed by atoms with Crippen molar-refractivity contribution in [1.29, 1.82) is 0 Å². The van der Waals surface area contributed by atoms with Crippen LogP contribution < -0.4 is 0 Å². The van der Waals surface area contributed by atoms with Gasteiger partial charge in [-0.15, -0.1) is 11.6 Å². The second-order valence-corrected chi connectivity index (χ2v) is 10.5. The van der Waals surface area contributed by atoms with E-state index in [1.54, 1.807) is 6.08 Å². The minimum absolute atomic E-state index is 0.328. The quantitative estimate of drug-likeness (QED) is 0.208. The molecule has 0 aliphatic heterocycles. The van der Waals surface area contributed by atoms with E-state index in [-0.39, 0.29) is 0 Å². The van der Waals surface area contributed by atoms with Crippen LogP contribution in [0.4, 0.5) is 0 Å². The molecule has 180 valence electrons. The molecule has 0 bridgehead atoms. The zero-order chi connectivity index (χ0) is 24.6. The molecule has 0 spiro atoms. The topological polar surface area (TPSA) is 40.5 Å². The molecule has 2 aliphatic rings. The number of halogens is 3. The molecule has 0 fully saturated rings. The summed E-state index contributed by atoms with van der Waals surface area (Å²) in [6, 6.07) is 16.0. The van der Waals surface area contributed by atoms with Crippen LogP contribution in [-0.2, 0) is 0 Å². The Morgan fingerprint density at radius 3 is 1.71 bits per heavy atom. The van der Waals surface area contributed by atoms with Crippen LogP contribution in [0.25, 0.3) is 12.2 Å². The summed E-state index contributed by atoms with van der Waals surface area (Å²) in [5, 5.41) is 17.4. The highest BCUT2D eigenvalue weighted by Gasteiger charge is 2.03. The number of allylic oxidation sites excluding steroid dienone is 5. The normalized spacial score (nSPS) is 19.3. The fourth-order valence-electron chi connectivity index (χ4n) is 3.35. The molecule has 2 aromatic carbocycles. The van der Waals surface area contributed by atoms with Crippen molar-refractivity contribution >= 4 is 62.7 Å². The molecule has 2 atom stereocenters. The van der Waals surface area contributed by atoms with Gasteiger partial charge in [0.05, 0.1) is 5.38 Å². The molecule has 34 heavy (non-hydrogen) atoms. The maximum Gasteiger partial charge on any atom is 0.480 e. The van der Waals surface area contributed by atoms with Crippen LogP contribution in [0.2, 0.25) is 0 Å². The van der Waals surface area contributed by atoms with Gasteiger partial charge in [-0.1, -0.05) is 105 Å². The van der Waals surface area contributed by atoms with Crippen molar-refractivity contribution in [3.8, 4) is 0 Å². The summed E-state index contributed by atoms with van der Waals surface area (Å²) in [6.45, 7) is 0. The highest BCUT2D eigenvalue weighted by atomic mass is 79.9. The third kappa shape index (κ3) is 13.5. The van der Waals surface area contributed by atoms with E-state index in [1.807, 2.05) is 24.3 Å². The summed E-state index contributed by atoms with van der Waals surface area (Å²) in [5.74, 6) is 1.95. The maximum absolute atomic E-state index is 8.53. The molecule has 6 heteroatoms. The van der Waals surface area contributed by atoms with Gasteiger partial charge >= 0.3 is 7.12 Å². The lowest BCUT2D eigenvalue weighted by atomic mass is 9.91. The van der Waals surface area contributed by atoms with Gasteiger partial charge in [0.25, 0.3) is 0 Å². The largest absolute Gasteiger partial charge is 0.480 e. The minimum atomic E-state index is -1.38. The summed E-state index contributed by atoms with van der Waals surface area (Å²) >= 11 is 12.5. The zero-order valence-corrected chi connectivity index (χ0v) is 23.2. The molecule has 0 heterocycles. The average molecular weight is 607 g/mol. The van der Waals surface area contributed by atoms with E-state index in [9.17, 15) is 0 Å². The van der Waals surface area contributed by atoms with Crippen LogP contribution in [0.15, 0.2) is 93.8 Å². The minimum Gasteiger partial charge on any atom is -0.424 e. The van der Waals surface area contributed by atoms with Crippen LogP contribution >= 0.6 is 43.5 Å². The van der Waals surface area contributed by atoms with Crippen molar-refractivity contribution < 1.29 is 10.0 Å². The van der Waals surface area contributed by atoms with Gasteiger partial charge in [0, 0.05) is 8.95 Å². The molecule has 2 aromatic rings. The summed E-state index contributed by atoms with van der Waals surface area (Å²) in [7, 11) is -1.38. The van der Waals surface area contributed by atoms with Crippen LogP contribution in [0.3, 0.4) is 0 Å². The van der Waals surface area contributed by atoms with Crippen LogP contribution in [0, 0.1) is 5.92 Å². The monoisotopic (exact) mass is 604 g/mol. The third-order valence-electron chi connectivity index (χ3n) is 5.22. The lowest BCUT2D eigenvalue weighted by molar-refractivity contribution is 0.424. The SMILES string of the molecule is Brc1ccc(/C=C/[C@H]2C=CCCC2)cc1.ClC1C=CCCC1.OB(O)/C=C/c1ccc(Br)cc1. The third-order valence-corrected chi connectivity index (χ3v) is 6.64. The van der Waals surface area contributed by atoms with Crippen molar-refractivity contribution in [3.63, 3.8) is 0 Å². The number of rotatable bonds is 4. The highest BCUT2D eigenvalue weighted by molar-refractivity contribution is 9.10. The van der Waals surface area contributed by atoms with Gasteiger partial charge in [0.2, 0.25) is 0 Å². The Balaban J connectivity index is 0.000000192. The molecule has 2 N–H and O–H groups in total. The first-order valence-corrected chi connectivity index (χ1v) is 13.7. The Bertz CT molecular complexity index is 938. The molecule has 0 saturated carbocycles. The van der Waals surface area contributed by atoms with E-state index in [2.05, 4.69) is 92.6 Å². The predicted molar refractivity (Wildman–Crippen MR) is 156 cm³/mol. The van der Waals surface area contributed by atoms with Gasteiger partial charge in [-0.3, -0.25) is 0 Å². The van der Waals surface area contributed by atoms with Gasteiger partial charge in [-0.25, -0.2) is 0 Å². The van der Waals surface area contributed by atoms with E-state index in [0.717, 1.165) is 20.9 Å². The molecule has 0 aromatic heterocycles. The molecule has 2 nitrogen and oxygen atoms in total. The fourth-order valence-corrected chi connectivity index (χ4v) is 4.14. The Labute approximate surface area is 226 Å². The fraction of sp³-hybridized carbons (Fsp3) is 0.286. The van der Waals surface area contributed by atoms with Crippen molar-refractivity contribution in [2.24, 2.45) is 5.92 Å². The van der Waals surface area contributed by atoms with Crippen molar-refractivity contribution in [3.05, 3.63) is 105 Å². The molecule has 4 rings (SSSR count). The molecular formula is C28H32BBr2ClO2. The molecule has 0 saturated heterocycles. The number of alkyl halides is 1. The second-order valence-electron chi connectivity index (χ2n) is 8.13. The molecule has 1 unspecified atom stereocenters. The van der Waals surface area contributed by atoms with Gasteiger partial charge in [-0.05, 0) is 79.8 Å². The van der Waals surface area contributed by atoms with Crippen LogP contribution in [-0.4, -0.2) is 22.5 Å². The lowest BCUT2D eigenvalue weighted by Crippen LogP contribution is -2.05. The Morgan fingerprint density at radius 2 is 1.29 bits per heavy atom. The standard InChI is InChI=1S/C14H15Br.C8H8BBrO2.C6H9Cl/c15-14-10-8-13(9-11-14)7-6-12-4-2-1-3-5-12;10-8-3-1-7(2-4-8)5-6-9(11)12;7-6-4-2-1-3-5-6/h2,4,6-12H,1,3,5H2;1-6,11-12H;2,4,6H,1,3,5H2/b7-6+;6-5+;/t12-;;/m0../s1. The lowest BCUT2D eigenvalue weighted by Gasteiger charge is -2.11. The number of benzene rings is 2. The van der Waals surface area contributed by atoms with E-state index in [4.69, 9.17) is 21.6 Å². The zero-order valence-electron chi connectivity index (χ0n) is 19.2. The Morgan fingerprint density at radius 1 is 0.765 bits per heavy atom. The summed E-state index contributed by atoms with van der Waals surface area (Å²) in [4.78, 5) is 0. The van der Waals surface area contributed by atoms with Crippen molar-refractivity contribution in [2.75, 3.05) is 0 Å². The Kier molecular flexibility index (Phi) is 14.5. The summed E-state index contributed by atoms with van der Waals surface area (Å²) in [5.41, 5.74) is 2.21. The van der Waals surface area contributed by atoms with Crippen molar-refractivity contribution in [2.45, 2.75) is 43.9 Å². The first-order chi connectivity index (χ1) is 16.4. The maximum atomic E-state index is 8.53. The first kappa shape index (κ1) is 28.9. The number of hydrogen-bond acceptors (Lipinski definition) is 2. The number of hydrogen-bond donors (Lipinski definition) is 2. The van der Waals surface area contributed by atoms with E-state index < -0.39 is 7.12 Å². The Hall–Kier alpha value is -1.37. The van der Waals surface area contributed by atoms with E-state index in [0.29, 0.717) is 11.3 Å². The van der Waals surface area contributed by atoms with Crippen LogP contribution in [0.5, 0.6) is 0 Å². The predicted octanol–water partition coefficient (Wildman–Crippen LogP) is 8.63. The van der Waals surface area contributed by atoms with Gasteiger partial charge < -0.3 is 10.0 Å². The van der Waals surface area contributed by atoms with E-state index >= 15 is 0 Å². The average Bonchev–Trinajstić information content (AvgIpc) is 2.85.